The maximum atomic E-state index is 14.0. The summed E-state index contributed by atoms with van der Waals surface area (Å²) < 4.78 is 11.5. The third-order valence-electron chi connectivity index (χ3n) is 5.66. The third kappa shape index (κ3) is 3.22. The Balaban J connectivity index is 1.66. The maximum absolute atomic E-state index is 14.0. The molecule has 144 valence electrons. The molecule has 0 bridgehead atoms. The number of carbonyl (C=O) groups excluding carboxylic acids is 1. The average molecular weight is 383 g/mol. The third-order valence-corrected chi connectivity index (χ3v) is 5.66. The van der Waals surface area contributed by atoms with Crippen molar-refractivity contribution in [1.82, 2.24) is 5.32 Å². The van der Waals surface area contributed by atoms with Gasteiger partial charge in [0.2, 0.25) is 0 Å². The molecule has 0 unspecified atom stereocenters. The molecule has 4 aromatic rings. The van der Waals surface area contributed by atoms with Crippen LogP contribution < -0.4 is 5.32 Å². The fourth-order valence-corrected chi connectivity index (χ4v) is 4.37. The van der Waals surface area contributed by atoms with E-state index >= 15 is 0 Å². The van der Waals surface area contributed by atoms with Crippen molar-refractivity contribution in [1.29, 1.82) is 0 Å². The molecule has 1 aliphatic heterocycles. The Bertz CT molecular complexity index is 970. The molecule has 0 aliphatic carbocycles. The van der Waals surface area contributed by atoms with E-state index in [0.717, 1.165) is 22.6 Å². The van der Waals surface area contributed by atoms with Crippen LogP contribution in [0.15, 0.2) is 106 Å². The van der Waals surface area contributed by atoms with Crippen molar-refractivity contribution < 1.29 is 13.6 Å². The van der Waals surface area contributed by atoms with Crippen molar-refractivity contribution in [3.05, 3.63) is 120 Å². The van der Waals surface area contributed by atoms with E-state index in [1.807, 2.05) is 84.9 Å². The first kappa shape index (κ1) is 17.7. The Morgan fingerprint density at radius 1 is 0.586 bits per heavy atom. The van der Waals surface area contributed by atoms with Crippen LogP contribution in [0, 0.1) is 0 Å². The predicted octanol–water partition coefficient (Wildman–Crippen LogP) is 5.39. The fourth-order valence-electron chi connectivity index (χ4n) is 4.37. The first-order chi connectivity index (χ1) is 14.3. The van der Waals surface area contributed by atoms with E-state index in [1.165, 1.54) is 0 Å². The zero-order valence-electron chi connectivity index (χ0n) is 15.8. The second kappa shape index (κ2) is 7.57. The van der Waals surface area contributed by atoms with E-state index in [1.54, 1.807) is 12.5 Å². The lowest BCUT2D eigenvalue weighted by Gasteiger charge is -2.40. The SMILES string of the molecule is O=C1[C@H](c2ccccc2)[C@H](c2ccco2)N[C@H](c2ccco2)[C@@H]1c1ccccc1. The number of hydrogen-bond acceptors (Lipinski definition) is 4. The molecule has 0 radical (unpaired) electrons. The van der Waals surface area contributed by atoms with Gasteiger partial charge in [-0.1, -0.05) is 60.7 Å². The number of hydrogen-bond donors (Lipinski definition) is 1. The second-order valence-electron chi connectivity index (χ2n) is 7.33. The van der Waals surface area contributed by atoms with Gasteiger partial charge in [0.1, 0.15) is 11.5 Å². The molecule has 0 spiro atoms. The molecule has 4 nitrogen and oxygen atoms in total. The Morgan fingerprint density at radius 2 is 1.03 bits per heavy atom. The molecule has 29 heavy (non-hydrogen) atoms. The molecule has 0 amide bonds. The zero-order chi connectivity index (χ0) is 19.6. The molecule has 3 heterocycles. The standard InChI is InChI=1S/C25H21NO3/c27-25-21(17-9-3-1-4-10-17)23(19-13-7-15-28-19)26-24(20-14-8-16-29-20)22(25)18-11-5-2-6-12-18/h1-16,21-24,26H/t21-,22+,23+,24-. The lowest BCUT2D eigenvalue weighted by Crippen LogP contribution is -2.46. The zero-order valence-corrected chi connectivity index (χ0v) is 15.8. The summed E-state index contributed by atoms with van der Waals surface area (Å²) in [4.78, 5) is 14.0. The van der Waals surface area contributed by atoms with E-state index in [0.29, 0.717) is 0 Å². The molecule has 1 saturated heterocycles. The minimum absolute atomic E-state index is 0.156. The minimum Gasteiger partial charge on any atom is -0.468 e. The summed E-state index contributed by atoms with van der Waals surface area (Å²) in [6.45, 7) is 0. The Morgan fingerprint density at radius 3 is 1.41 bits per heavy atom. The van der Waals surface area contributed by atoms with Gasteiger partial charge in [-0.2, -0.15) is 0 Å². The summed E-state index contributed by atoms with van der Waals surface area (Å²) >= 11 is 0. The summed E-state index contributed by atoms with van der Waals surface area (Å²) in [6, 6.07) is 26.8. The van der Waals surface area contributed by atoms with Crippen LogP contribution in [-0.2, 0) is 4.79 Å². The van der Waals surface area contributed by atoms with E-state index in [2.05, 4.69) is 5.32 Å². The molecule has 1 N–H and O–H groups in total. The lowest BCUT2D eigenvalue weighted by atomic mass is 9.71. The maximum Gasteiger partial charge on any atom is 0.151 e. The van der Waals surface area contributed by atoms with Crippen LogP contribution in [0.3, 0.4) is 0 Å². The van der Waals surface area contributed by atoms with Crippen LogP contribution in [0.2, 0.25) is 0 Å². The van der Waals surface area contributed by atoms with Gasteiger partial charge in [-0.25, -0.2) is 0 Å². The first-order valence-corrected chi connectivity index (χ1v) is 9.79. The first-order valence-electron chi connectivity index (χ1n) is 9.79. The monoisotopic (exact) mass is 383 g/mol. The number of furan rings is 2. The second-order valence-corrected chi connectivity index (χ2v) is 7.33. The molecule has 4 atom stereocenters. The summed E-state index contributed by atoms with van der Waals surface area (Å²) in [7, 11) is 0. The van der Waals surface area contributed by atoms with Gasteiger partial charge in [0, 0.05) is 0 Å². The van der Waals surface area contributed by atoms with Gasteiger partial charge in [0.15, 0.2) is 5.78 Å². The highest BCUT2D eigenvalue weighted by Gasteiger charge is 2.47. The lowest BCUT2D eigenvalue weighted by molar-refractivity contribution is -0.126. The largest absolute Gasteiger partial charge is 0.468 e. The molecule has 5 rings (SSSR count). The van der Waals surface area contributed by atoms with Crippen LogP contribution in [0.1, 0.15) is 46.6 Å². The number of benzene rings is 2. The van der Waals surface area contributed by atoms with Crippen molar-refractivity contribution in [3.8, 4) is 0 Å². The molecule has 4 heteroatoms. The number of rotatable bonds is 4. The summed E-state index contributed by atoms with van der Waals surface area (Å²) in [6.07, 6.45) is 3.30. The van der Waals surface area contributed by atoms with E-state index in [4.69, 9.17) is 8.83 Å². The average Bonchev–Trinajstić information content (AvgIpc) is 3.49. The van der Waals surface area contributed by atoms with E-state index in [9.17, 15) is 4.79 Å². The van der Waals surface area contributed by atoms with Gasteiger partial charge < -0.3 is 8.83 Å². The van der Waals surface area contributed by atoms with Crippen molar-refractivity contribution in [2.24, 2.45) is 0 Å². The van der Waals surface area contributed by atoms with Gasteiger partial charge >= 0.3 is 0 Å². The number of ketones is 1. The number of carbonyl (C=O) groups is 1. The quantitative estimate of drug-likeness (QED) is 0.513. The molecule has 2 aromatic carbocycles. The van der Waals surface area contributed by atoms with Gasteiger partial charge in [0.05, 0.1) is 36.4 Å². The molecule has 0 saturated carbocycles. The normalized spacial score (nSPS) is 24.5. The topological polar surface area (TPSA) is 55.4 Å². The van der Waals surface area contributed by atoms with E-state index in [-0.39, 0.29) is 29.7 Å². The number of nitrogens with one attached hydrogen (secondary N) is 1. The van der Waals surface area contributed by atoms with Crippen molar-refractivity contribution in [3.63, 3.8) is 0 Å². The Kier molecular flexibility index (Phi) is 4.62. The molecular weight excluding hydrogens is 362 g/mol. The van der Waals surface area contributed by atoms with Crippen LogP contribution in [0.25, 0.3) is 0 Å². The van der Waals surface area contributed by atoms with Gasteiger partial charge in [-0.3, -0.25) is 10.1 Å². The van der Waals surface area contributed by atoms with Crippen LogP contribution in [0.4, 0.5) is 0 Å². The molecule has 1 fully saturated rings. The minimum atomic E-state index is -0.362. The molecular formula is C25H21NO3. The Labute approximate surface area is 169 Å². The van der Waals surface area contributed by atoms with Crippen molar-refractivity contribution in [2.45, 2.75) is 23.9 Å². The highest BCUT2D eigenvalue weighted by atomic mass is 16.3. The predicted molar refractivity (Wildman–Crippen MR) is 109 cm³/mol. The molecule has 1 aliphatic rings. The molecule has 2 aromatic heterocycles. The van der Waals surface area contributed by atoms with Crippen molar-refractivity contribution >= 4 is 5.78 Å². The van der Waals surface area contributed by atoms with Crippen molar-refractivity contribution in [2.75, 3.05) is 0 Å². The number of piperidine rings is 1. The summed E-state index contributed by atoms with van der Waals surface area (Å²) in [5.41, 5.74) is 1.95. The van der Waals surface area contributed by atoms with Gasteiger partial charge in [-0.05, 0) is 35.4 Å². The number of Topliss-reactive ketones (excluding diaryl/α,β-unsaturated/α-hetero) is 1. The van der Waals surface area contributed by atoms with Crippen LogP contribution >= 0.6 is 0 Å². The fraction of sp³-hybridized carbons (Fsp3) is 0.160. The van der Waals surface area contributed by atoms with Gasteiger partial charge in [-0.15, -0.1) is 0 Å². The smallest absolute Gasteiger partial charge is 0.151 e. The van der Waals surface area contributed by atoms with E-state index < -0.39 is 0 Å². The van der Waals surface area contributed by atoms with Crippen LogP contribution in [-0.4, -0.2) is 5.78 Å². The Hall–Kier alpha value is -3.37. The van der Waals surface area contributed by atoms with Gasteiger partial charge in [0.25, 0.3) is 0 Å². The highest BCUT2D eigenvalue weighted by Crippen LogP contribution is 2.47. The summed E-state index contributed by atoms with van der Waals surface area (Å²) in [5, 5.41) is 3.68. The highest BCUT2D eigenvalue weighted by molar-refractivity contribution is 5.94. The summed E-state index contributed by atoms with van der Waals surface area (Å²) in [5.74, 6) is 0.923. The van der Waals surface area contributed by atoms with Crippen LogP contribution in [0.5, 0.6) is 0 Å².